The van der Waals surface area contributed by atoms with Crippen LogP contribution in [-0.2, 0) is 0 Å². The van der Waals surface area contributed by atoms with Crippen LogP contribution >= 0.6 is 0 Å². The molecule has 7 heteroatoms. The average Bonchev–Trinajstić information content (AvgIpc) is 2.48. The third-order valence-electron chi connectivity index (χ3n) is 3.79. The van der Waals surface area contributed by atoms with E-state index in [1.807, 2.05) is 0 Å². The Balaban J connectivity index is 2.33. The summed E-state index contributed by atoms with van der Waals surface area (Å²) in [5.41, 5.74) is 6.24. The number of rotatable bonds is 3. The Morgan fingerprint density at radius 3 is 2.90 bits per heavy atom. The van der Waals surface area contributed by atoms with Crippen LogP contribution < -0.4 is 5.73 Å². The van der Waals surface area contributed by atoms with E-state index < -0.39 is 4.92 Å². The molecule has 1 heterocycles. The molecule has 1 aliphatic heterocycles. The summed E-state index contributed by atoms with van der Waals surface area (Å²) >= 11 is 0. The van der Waals surface area contributed by atoms with Gasteiger partial charge in [0.15, 0.2) is 0 Å². The quantitative estimate of drug-likeness (QED) is 0.496. The lowest BCUT2D eigenvalue weighted by Gasteiger charge is -2.32. The molecular weight excluding hydrogens is 274 g/mol. The zero-order valence-electron chi connectivity index (χ0n) is 11.9. The summed E-state index contributed by atoms with van der Waals surface area (Å²) in [6, 6.07) is 2.94. The lowest BCUT2D eigenvalue weighted by atomic mass is 9.97. The Morgan fingerprint density at radius 2 is 2.29 bits per heavy atom. The van der Waals surface area contributed by atoms with Crippen LogP contribution in [-0.4, -0.2) is 40.5 Å². The zero-order valence-corrected chi connectivity index (χ0v) is 11.9. The van der Waals surface area contributed by atoms with Gasteiger partial charge in [-0.15, -0.1) is 0 Å². The number of aliphatic hydroxyl groups is 1. The molecule has 0 aliphatic carbocycles. The number of hydrogen-bond acceptors (Lipinski definition) is 5. The van der Waals surface area contributed by atoms with Gasteiger partial charge in [-0.1, -0.05) is 0 Å². The number of nitrogens with zero attached hydrogens (tertiary/aromatic N) is 2. The molecule has 0 bridgehead atoms. The van der Waals surface area contributed by atoms with Crippen molar-refractivity contribution in [2.75, 3.05) is 25.4 Å². The van der Waals surface area contributed by atoms with Crippen molar-refractivity contribution in [1.29, 1.82) is 0 Å². The number of likely N-dealkylation sites (tertiary alicyclic amines) is 1. The fourth-order valence-electron chi connectivity index (χ4n) is 2.68. The van der Waals surface area contributed by atoms with Crippen molar-refractivity contribution in [3.63, 3.8) is 0 Å². The molecule has 1 aliphatic rings. The van der Waals surface area contributed by atoms with Crippen LogP contribution in [0.25, 0.3) is 0 Å². The van der Waals surface area contributed by atoms with E-state index in [0.29, 0.717) is 18.7 Å². The smallest absolute Gasteiger partial charge is 0.293 e. The maximum Gasteiger partial charge on any atom is 0.293 e. The number of piperidine rings is 1. The van der Waals surface area contributed by atoms with E-state index >= 15 is 0 Å². The van der Waals surface area contributed by atoms with Gasteiger partial charge in [0.25, 0.3) is 11.6 Å². The predicted octanol–water partition coefficient (Wildman–Crippen LogP) is 1.33. The molecule has 1 fully saturated rings. The first-order valence-electron chi connectivity index (χ1n) is 6.88. The molecule has 3 N–H and O–H groups in total. The normalized spacial score (nSPS) is 18.6. The van der Waals surface area contributed by atoms with Crippen molar-refractivity contribution >= 4 is 17.3 Å². The van der Waals surface area contributed by atoms with Crippen LogP contribution in [0.2, 0.25) is 0 Å². The van der Waals surface area contributed by atoms with E-state index in [-0.39, 0.29) is 35.4 Å². The lowest BCUT2D eigenvalue weighted by Crippen LogP contribution is -2.41. The number of nitrogen functional groups attached to an aromatic ring is 1. The average molecular weight is 293 g/mol. The molecular formula is C14H19N3O4. The van der Waals surface area contributed by atoms with E-state index in [1.165, 1.54) is 6.07 Å². The summed E-state index contributed by atoms with van der Waals surface area (Å²) in [4.78, 5) is 24.6. The highest BCUT2D eigenvalue weighted by molar-refractivity contribution is 6.01. The second-order valence-electron chi connectivity index (χ2n) is 5.44. The van der Waals surface area contributed by atoms with Gasteiger partial charge in [0, 0.05) is 25.8 Å². The number of aryl methyl sites for hydroxylation is 1. The largest absolute Gasteiger partial charge is 0.396 e. The highest BCUT2D eigenvalue weighted by Crippen LogP contribution is 2.29. The summed E-state index contributed by atoms with van der Waals surface area (Å²) in [5.74, 6) is -0.249. The van der Waals surface area contributed by atoms with Crippen molar-refractivity contribution in [3.8, 4) is 0 Å². The number of aliphatic hydroxyl groups excluding tert-OH is 1. The molecule has 1 atom stereocenters. The Kier molecular flexibility index (Phi) is 4.42. The number of nitro benzene ring substituents is 1. The lowest BCUT2D eigenvalue weighted by molar-refractivity contribution is -0.384. The Hall–Kier alpha value is -2.15. The summed E-state index contributed by atoms with van der Waals surface area (Å²) < 4.78 is 0. The highest BCUT2D eigenvalue weighted by atomic mass is 16.6. The number of amides is 1. The van der Waals surface area contributed by atoms with E-state index in [9.17, 15) is 20.0 Å². The first-order valence-corrected chi connectivity index (χ1v) is 6.88. The number of nitrogens with two attached hydrogens (primary N) is 1. The van der Waals surface area contributed by atoms with Gasteiger partial charge in [-0.05, 0) is 37.3 Å². The van der Waals surface area contributed by atoms with E-state index in [4.69, 9.17) is 5.73 Å². The molecule has 0 saturated carbocycles. The van der Waals surface area contributed by atoms with Gasteiger partial charge in [0.2, 0.25) is 0 Å². The zero-order chi connectivity index (χ0) is 15.6. The number of anilines is 1. The molecule has 0 aromatic heterocycles. The van der Waals surface area contributed by atoms with Crippen LogP contribution in [0.1, 0.15) is 28.8 Å². The first-order chi connectivity index (χ1) is 9.93. The number of hydrogen-bond donors (Lipinski definition) is 2. The third kappa shape index (κ3) is 3.13. The Bertz CT molecular complexity index is 574. The van der Waals surface area contributed by atoms with Gasteiger partial charge >= 0.3 is 0 Å². The number of benzene rings is 1. The van der Waals surface area contributed by atoms with Crippen molar-refractivity contribution < 1.29 is 14.8 Å². The minimum absolute atomic E-state index is 0.0349. The molecule has 2 rings (SSSR count). The molecule has 0 spiro atoms. The highest BCUT2D eigenvalue weighted by Gasteiger charge is 2.28. The van der Waals surface area contributed by atoms with Crippen LogP contribution in [0.3, 0.4) is 0 Å². The van der Waals surface area contributed by atoms with Crippen LogP contribution in [0.4, 0.5) is 11.4 Å². The van der Waals surface area contributed by atoms with Crippen LogP contribution in [0.5, 0.6) is 0 Å². The van der Waals surface area contributed by atoms with Crippen molar-refractivity contribution in [2.24, 2.45) is 5.92 Å². The predicted molar refractivity (Wildman–Crippen MR) is 78.0 cm³/mol. The maximum atomic E-state index is 12.6. The van der Waals surface area contributed by atoms with Crippen LogP contribution in [0, 0.1) is 23.0 Å². The fourth-order valence-corrected chi connectivity index (χ4v) is 2.68. The second-order valence-corrected chi connectivity index (χ2v) is 5.44. The SMILES string of the molecule is Cc1cc(C(=O)N2CCCC(CO)C2)c(N)c([N+](=O)[O-])c1. The molecule has 21 heavy (non-hydrogen) atoms. The summed E-state index contributed by atoms with van der Waals surface area (Å²) in [5, 5.41) is 20.2. The third-order valence-corrected chi connectivity index (χ3v) is 3.79. The van der Waals surface area contributed by atoms with E-state index in [2.05, 4.69) is 0 Å². The molecule has 1 saturated heterocycles. The second kappa shape index (κ2) is 6.09. The molecule has 1 aromatic carbocycles. The standard InChI is InChI=1S/C14H19N3O4/c1-9-5-11(13(15)12(6-9)17(20)21)14(19)16-4-2-3-10(7-16)8-18/h5-6,10,18H,2-4,7-8,15H2,1H3. The molecule has 7 nitrogen and oxygen atoms in total. The topological polar surface area (TPSA) is 110 Å². The molecule has 1 amide bonds. The summed E-state index contributed by atoms with van der Waals surface area (Å²) in [6.07, 6.45) is 1.69. The van der Waals surface area contributed by atoms with Crippen molar-refractivity contribution in [3.05, 3.63) is 33.4 Å². The number of nitro groups is 1. The maximum absolute atomic E-state index is 12.6. The monoisotopic (exact) mass is 293 g/mol. The molecule has 1 unspecified atom stereocenters. The van der Waals surface area contributed by atoms with E-state index in [0.717, 1.165) is 12.8 Å². The van der Waals surface area contributed by atoms with Gasteiger partial charge in [-0.2, -0.15) is 0 Å². The number of carbonyl (C=O) groups is 1. The van der Waals surface area contributed by atoms with E-state index in [1.54, 1.807) is 17.9 Å². The van der Waals surface area contributed by atoms with Gasteiger partial charge in [0.1, 0.15) is 5.69 Å². The van der Waals surface area contributed by atoms with Gasteiger partial charge < -0.3 is 15.7 Å². The van der Waals surface area contributed by atoms with Gasteiger partial charge in [-0.3, -0.25) is 14.9 Å². The van der Waals surface area contributed by atoms with Crippen molar-refractivity contribution in [1.82, 2.24) is 4.90 Å². The minimum atomic E-state index is -0.578. The summed E-state index contributed by atoms with van der Waals surface area (Å²) in [6.45, 7) is 2.76. The fraction of sp³-hybridized carbons (Fsp3) is 0.500. The van der Waals surface area contributed by atoms with Crippen molar-refractivity contribution in [2.45, 2.75) is 19.8 Å². The minimum Gasteiger partial charge on any atom is -0.396 e. The molecule has 1 aromatic rings. The van der Waals surface area contributed by atoms with Gasteiger partial charge in [0.05, 0.1) is 10.5 Å². The molecule has 114 valence electrons. The molecule has 0 radical (unpaired) electrons. The van der Waals surface area contributed by atoms with Gasteiger partial charge in [-0.25, -0.2) is 0 Å². The summed E-state index contributed by atoms with van der Waals surface area (Å²) in [7, 11) is 0. The Morgan fingerprint density at radius 1 is 1.57 bits per heavy atom. The Labute approximate surface area is 122 Å². The van der Waals surface area contributed by atoms with Crippen LogP contribution in [0.15, 0.2) is 12.1 Å². The number of carbonyl (C=O) groups excluding carboxylic acids is 1. The first kappa shape index (κ1) is 15.2.